The maximum absolute atomic E-state index is 9.12. The maximum atomic E-state index is 9.12. The van der Waals surface area contributed by atoms with Crippen LogP contribution in [-0.2, 0) is 24.5 Å². The lowest BCUT2D eigenvalue weighted by Gasteiger charge is -2.27. The van der Waals surface area contributed by atoms with Crippen molar-refractivity contribution >= 4 is 18.2 Å². The third-order valence-electron chi connectivity index (χ3n) is 6.07. The minimum absolute atomic E-state index is 0.589. The Bertz CT molecular complexity index is 1180. The van der Waals surface area contributed by atoms with Crippen LogP contribution in [0.4, 0.5) is 5.95 Å². The van der Waals surface area contributed by atoms with Crippen molar-refractivity contribution in [2.75, 3.05) is 58.4 Å². The normalized spacial score (nSPS) is 14.0. The van der Waals surface area contributed by atoms with Crippen LogP contribution in [0.15, 0.2) is 54.6 Å². The average Bonchev–Trinajstić information content (AvgIpc) is 3.19. The van der Waals surface area contributed by atoms with E-state index in [1.807, 2.05) is 35.0 Å². The minimum Gasteiger partial charge on any atom is -0.378 e. The van der Waals surface area contributed by atoms with Crippen molar-refractivity contribution < 1.29 is 4.74 Å². The third kappa shape index (κ3) is 6.77. The van der Waals surface area contributed by atoms with E-state index in [2.05, 4.69) is 63.7 Å². The van der Waals surface area contributed by atoms with E-state index in [0.717, 1.165) is 44.2 Å². The first-order valence-corrected chi connectivity index (χ1v) is 12.3. The Kier molecular flexibility index (Phi) is 8.66. The van der Waals surface area contributed by atoms with Gasteiger partial charge in [-0.05, 0) is 49.6 Å². The highest BCUT2D eigenvalue weighted by Crippen LogP contribution is 2.18. The van der Waals surface area contributed by atoms with Crippen LogP contribution in [0.5, 0.6) is 0 Å². The molecule has 1 aromatic heterocycles. The molecule has 35 heavy (non-hydrogen) atoms. The zero-order valence-electron chi connectivity index (χ0n) is 20.5. The molecule has 0 spiro atoms. The molecule has 0 unspecified atom stereocenters. The standard InChI is InChI=1S/C26H33N7OS/c1-29(2)12-13-30(19-24-10-8-22(18-27)9-11-24)21-33-26(35)32(20-23-6-4-3-5-7-23)25(28-33)31-14-16-34-17-15-31/h3-11H,12-17,19-21H2,1-2H3. The first kappa shape index (κ1) is 25.1. The Morgan fingerprint density at radius 2 is 1.71 bits per heavy atom. The molecule has 0 N–H and O–H groups in total. The van der Waals surface area contributed by atoms with Gasteiger partial charge in [-0.1, -0.05) is 42.5 Å². The summed E-state index contributed by atoms with van der Waals surface area (Å²) in [6.07, 6.45) is 0. The summed E-state index contributed by atoms with van der Waals surface area (Å²) in [5.41, 5.74) is 3.02. The first-order valence-electron chi connectivity index (χ1n) is 11.9. The van der Waals surface area contributed by atoms with Crippen molar-refractivity contribution in [1.29, 1.82) is 5.26 Å². The van der Waals surface area contributed by atoms with Crippen LogP contribution in [0.3, 0.4) is 0 Å². The fourth-order valence-corrected chi connectivity index (χ4v) is 4.34. The van der Waals surface area contributed by atoms with Crippen molar-refractivity contribution in [2.45, 2.75) is 19.8 Å². The fraction of sp³-hybridized carbons (Fsp3) is 0.423. The Balaban J connectivity index is 1.61. The fourth-order valence-electron chi connectivity index (χ4n) is 4.10. The van der Waals surface area contributed by atoms with Gasteiger partial charge in [0.05, 0.1) is 38.1 Å². The van der Waals surface area contributed by atoms with Crippen molar-refractivity contribution in [3.63, 3.8) is 0 Å². The molecule has 0 amide bonds. The summed E-state index contributed by atoms with van der Waals surface area (Å²) in [4.78, 5) is 6.79. The van der Waals surface area contributed by atoms with Gasteiger partial charge in [0.25, 0.3) is 0 Å². The van der Waals surface area contributed by atoms with Gasteiger partial charge in [0.15, 0.2) is 0 Å². The summed E-state index contributed by atoms with van der Waals surface area (Å²) in [6.45, 7) is 6.80. The number of nitriles is 1. The number of aromatic nitrogens is 3. The Labute approximate surface area is 212 Å². The molecule has 3 aromatic rings. The number of nitrogens with zero attached hydrogens (tertiary/aromatic N) is 7. The number of benzene rings is 2. The summed E-state index contributed by atoms with van der Waals surface area (Å²) in [7, 11) is 4.16. The summed E-state index contributed by atoms with van der Waals surface area (Å²) in [5, 5.41) is 14.1. The van der Waals surface area contributed by atoms with E-state index in [0.29, 0.717) is 36.8 Å². The second-order valence-corrected chi connectivity index (χ2v) is 9.42. The lowest BCUT2D eigenvalue weighted by Crippen LogP contribution is -2.38. The highest BCUT2D eigenvalue weighted by Gasteiger charge is 2.21. The van der Waals surface area contributed by atoms with Gasteiger partial charge >= 0.3 is 0 Å². The number of rotatable bonds is 10. The summed E-state index contributed by atoms with van der Waals surface area (Å²) < 4.78 is 10.4. The maximum Gasteiger partial charge on any atom is 0.226 e. The monoisotopic (exact) mass is 491 g/mol. The van der Waals surface area contributed by atoms with Crippen LogP contribution in [0.2, 0.25) is 0 Å². The lowest BCUT2D eigenvalue weighted by molar-refractivity contribution is 0.121. The molecule has 1 aliphatic rings. The van der Waals surface area contributed by atoms with E-state index in [1.165, 1.54) is 5.56 Å². The molecule has 1 saturated heterocycles. The number of likely N-dealkylation sites (N-methyl/N-ethyl adjacent to an activating group) is 1. The first-order chi connectivity index (χ1) is 17.0. The van der Waals surface area contributed by atoms with Gasteiger partial charge in [0.2, 0.25) is 10.7 Å². The Morgan fingerprint density at radius 3 is 2.37 bits per heavy atom. The number of anilines is 1. The van der Waals surface area contributed by atoms with E-state index >= 15 is 0 Å². The van der Waals surface area contributed by atoms with Gasteiger partial charge in [-0.3, -0.25) is 9.47 Å². The van der Waals surface area contributed by atoms with Crippen molar-refractivity contribution in [3.8, 4) is 6.07 Å². The highest BCUT2D eigenvalue weighted by atomic mass is 32.1. The largest absolute Gasteiger partial charge is 0.378 e. The molecule has 1 aliphatic heterocycles. The van der Waals surface area contributed by atoms with Gasteiger partial charge in [0, 0.05) is 32.7 Å². The molecule has 9 heteroatoms. The number of morpholine rings is 1. The molecule has 0 saturated carbocycles. The SMILES string of the molecule is CN(C)CCN(Cc1ccc(C#N)cc1)Cn1nc(N2CCOCC2)n(Cc2ccccc2)c1=S. The predicted molar refractivity (Wildman–Crippen MR) is 140 cm³/mol. The zero-order chi connectivity index (χ0) is 24.6. The topological polar surface area (TPSA) is 65.5 Å². The summed E-state index contributed by atoms with van der Waals surface area (Å²) in [5.74, 6) is 0.896. The molecule has 2 aromatic carbocycles. The van der Waals surface area contributed by atoms with Crippen LogP contribution >= 0.6 is 12.2 Å². The van der Waals surface area contributed by atoms with Crippen LogP contribution in [0, 0.1) is 16.1 Å². The average molecular weight is 492 g/mol. The second kappa shape index (κ2) is 12.1. The van der Waals surface area contributed by atoms with Crippen LogP contribution in [0.25, 0.3) is 0 Å². The molecule has 0 bridgehead atoms. The quantitative estimate of drug-likeness (QED) is 0.404. The zero-order valence-corrected chi connectivity index (χ0v) is 21.3. The Morgan fingerprint density at radius 1 is 1.00 bits per heavy atom. The van der Waals surface area contributed by atoms with Crippen LogP contribution < -0.4 is 4.90 Å². The van der Waals surface area contributed by atoms with Crippen molar-refractivity contribution in [1.82, 2.24) is 24.1 Å². The summed E-state index contributed by atoms with van der Waals surface area (Å²) >= 11 is 5.97. The van der Waals surface area contributed by atoms with E-state index in [9.17, 15) is 0 Å². The molecule has 4 rings (SSSR count). The predicted octanol–water partition coefficient (Wildman–Crippen LogP) is 3.19. The van der Waals surface area contributed by atoms with Crippen molar-refractivity contribution in [2.24, 2.45) is 0 Å². The third-order valence-corrected chi connectivity index (χ3v) is 6.50. The number of ether oxygens (including phenoxy) is 1. The van der Waals surface area contributed by atoms with Gasteiger partial charge < -0.3 is 14.5 Å². The molecule has 0 aliphatic carbocycles. The van der Waals surface area contributed by atoms with E-state index in [1.54, 1.807) is 0 Å². The molecular formula is C26H33N7OS. The molecular weight excluding hydrogens is 458 g/mol. The molecule has 0 radical (unpaired) electrons. The van der Waals surface area contributed by atoms with Crippen LogP contribution in [0.1, 0.15) is 16.7 Å². The Hall–Kier alpha value is -3.03. The molecule has 0 atom stereocenters. The van der Waals surface area contributed by atoms with E-state index in [4.69, 9.17) is 27.3 Å². The molecule has 1 fully saturated rings. The summed E-state index contributed by atoms with van der Waals surface area (Å²) in [6, 6.07) is 20.4. The van der Waals surface area contributed by atoms with Gasteiger partial charge in [-0.25, -0.2) is 4.68 Å². The van der Waals surface area contributed by atoms with E-state index in [-0.39, 0.29) is 0 Å². The van der Waals surface area contributed by atoms with Crippen molar-refractivity contribution in [3.05, 3.63) is 76.1 Å². The highest BCUT2D eigenvalue weighted by molar-refractivity contribution is 7.71. The smallest absolute Gasteiger partial charge is 0.226 e. The molecule has 2 heterocycles. The number of hydrogen-bond acceptors (Lipinski definition) is 7. The van der Waals surface area contributed by atoms with Crippen LogP contribution in [-0.4, -0.2) is 77.6 Å². The molecule has 8 nitrogen and oxygen atoms in total. The lowest BCUT2D eigenvalue weighted by atomic mass is 10.1. The second-order valence-electron chi connectivity index (χ2n) is 9.06. The van der Waals surface area contributed by atoms with Gasteiger partial charge in [-0.2, -0.15) is 5.26 Å². The minimum atomic E-state index is 0.589. The number of hydrogen-bond donors (Lipinski definition) is 0. The van der Waals surface area contributed by atoms with Gasteiger partial charge in [-0.15, -0.1) is 5.10 Å². The molecule has 184 valence electrons. The van der Waals surface area contributed by atoms with Gasteiger partial charge in [0.1, 0.15) is 0 Å². The van der Waals surface area contributed by atoms with E-state index < -0.39 is 0 Å².